The molecule has 3 heterocycles. The van der Waals surface area contributed by atoms with Crippen LogP contribution in [-0.2, 0) is 34.0 Å². The lowest BCUT2D eigenvalue weighted by molar-refractivity contribution is -0.144. The maximum Gasteiger partial charge on any atom is 0.259 e. The molecule has 3 fully saturated rings. The molecule has 0 unspecified atom stereocenters. The number of rotatable bonds is 9. The molecule has 6 atom stereocenters. The second-order valence-corrected chi connectivity index (χ2v) is 21.0. The number of allylic oxidation sites excluding steroid dienone is 1. The number of carbonyl (C=O) groups is 5. The van der Waals surface area contributed by atoms with Crippen molar-refractivity contribution < 1.29 is 41.5 Å². The van der Waals surface area contributed by atoms with Gasteiger partial charge in [0.2, 0.25) is 39.5 Å². The van der Waals surface area contributed by atoms with E-state index < -0.39 is 79.9 Å². The molecule has 2 aliphatic carbocycles. The van der Waals surface area contributed by atoms with Gasteiger partial charge < -0.3 is 25.2 Å². The topological polar surface area (TPSA) is 184 Å². The predicted molar refractivity (Wildman–Crippen MR) is 228 cm³/mol. The smallest absolute Gasteiger partial charge is 0.259 e. The number of hydrogen-bond acceptors (Lipinski definition) is 9. The Bertz CT molecular complexity index is 2400. The van der Waals surface area contributed by atoms with Crippen molar-refractivity contribution in [2.75, 3.05) is 13.6 Å². The van der Waals surface area contributed by atoms with Gasteiger partial charge in [0.15, 0.2) is 0 Å². The minimum Gasteiger partial charge on any atom is -0.472 e. The Balaban J connectivity index is 1.24. The van der Waals surface area contributed by atoms with Crippen LogP contribution in [0.1, 0.15) is 98.8 Å². The average molecular weight is 861 g/mol. The van der Waals surface area contributed by atoms with Crippen molar-refractivity contribution in [3.8, 4) is 5.88 Å². The third-order valence-electron chi connectivity index (χ3n) is 12.8. The number of amides is 5. The number of fused-ring (bicyclic) bond motifs is 5. The number of ether oxygens (including phenoxy) is 1. The van der Waals surface area contributed by atoms with Crippen LogP contribution in [0.4, 0.5) is 4.39 Å². The summed E-state index contributed by atoms with van der Waals surface area (Å²) in [5, 5.41) is 7.97. The quantitative estimate of drug-likeness (QED) is 0.196. The van der Waals surface area contributed by atoms with Crippen LogP contribution in [0.3, 0.4) is 0 Å². The second-order valence-electron chi connectivity index (χ2n) is 18.8. The highest BCUT2D eigenvalue weighted by molar-refractivity contribution is 7.91. The molecule has 0 bridgehead atoms. The molecule has 0 spiro atoms. The Morgan fingerprint density at radius 3 is 2.48 bits per heavy atom. The van der Waals surface area contributed by atoms with E-state index in [0.717, 1.165) is 11.8 Å². The third-order valence-corrected chi connectivity index (χ3v) is 14.9. The van der Waals surface area contributed by atoms with Gasteiger partial charge in [-0.3, -0.25) is 28.7 Å². The summed E-state index contributed by atoms with van der Waals surface area (Å²) in [6.45, 7) is 8.73. The SMILES string of the molecule is CC(=O)N(C)[C@@H](CC(C)(C)C)C(=O)N[C@H]1CCCCC/C=C\[C@@H]2C[C@@]2(C(=O)NS(=O)(=O)C2(C)CC2)NC(=O)[C@@H]2C[C@@H](Oc3nc4cc(F)ccc4c4ccccc34)CN2C1=O. The summed E-state index contributed by atoms with van der Waals surface area (Å²) in [5.41, 5.74) is -1.57. The van der Waals surface area contributed by atoms with Crippen molar-refractivity contribution in [3.63, 3.8) is 0 Å². The van der Waals surface area contributed by atoms with Crippen LogP contribution in [0, 0.1) is 17.2 Å². The summed E-state index contributed by atoms with van der Waals surface area (Å²) in [4.78, 5) is 77.8. The molecule has 61 heavy (non-hydrogen) atoms. The van der Waals surface area contributed by atoms with Crippen LogP contribution < -0.4 is 20.1 Å². The molecule has 7 rings (SSSR count). The normalized spacial score (nSPS) is 26.4. The highest BCUT2D eigenvalue weighted by Crippen LogP contribution is 2.47. The largest absolute Gasteiger partial charge is 0.472 e. The highest BCUT2D eigenvalue weighted by atomic mass is 32.2. The van der Waals surface area contributed by atoms with E-state index >= 15 is 0 Å². The molecule has 14 nitrogen and oxygen atoms in total. The first-order chi connectivity index (χ1) is 28.7. The van der Waals surface area contributed by atoms with Gasteiger partial charge in [-0.1, -0.05) is 64.0 Å². The first-order valence-electron chi connectivity index (χ1n) is 21.3. The molecule has 328 valence electrons. The number of halogens is 1. The molecule has 3 aromatic rings. The first kappa shape index (κ1) is 44.0. The van der Waals surface area contributed by atoms with E-state index in [1.165, 1.54) is 28.9 Å². The van der Waals surface area contributed by atoms with E-state index in [1.54, 1.807) is 20.0 Å². The maximum atomic E-state index is 15.0. The number of benzene rings is 2. The molecule has 1 aromatic heterocycles. The van der Waals surface area contributed by atoms with Crippen LogP contribution in [0.5, 0.6) is 5.88 Å². The highest BCUT2D eigenvalue weighted by Gasteiger charge is 2.63. The summed E-state index contributed by atoms with van der Waals surface area (Å²) < 4.78 is 48.7. The Labute approximate surface area is 356 Å². The molecular formula is C45H57FN6O8S. The van der Waals surface area contributed by atoms with Gasteiger partial charge in [0.05, 0.1) is 16.8 Å². The second kappa shape index (κ2) is 16.6. The standard InChI is InChI=1S/C45H57FN6O8S/c1-27(53)51(6)37(25-43(2,3)4)38(54)47-34-17-11-9-7-8-10-14-28-24-45(28,42(57)50-61(58,59)44(5)20-21-44)49-39(55)36-23-30(26-52(36)41(34)56)60-40-33-16-13-12-15-31(33)32-19-18-29(46)22-35(32)48-40/h10,12-16,18-19,22,28,30,34,36-37H,7-9,11,17,20-21,23-26H2,1-6H3,(H,47,54)(H,49,55)(H,50,57)/b14-10-/t28-,30-,34+,36+,37+,45-/m1/s1. The molecule has 2 aliphatic heterocycles. The minimum absolute atomic E-state index is 0.0380. The summed E-state index contributed by atoms with van der Waals surface area (Å²) in [7, 11) is -2.49. The van der Waals surface area contributed by atoms with Gasteiger partial charge >= 0.3 is 0 Å². The Morgan fingerprint density at radius 1 is 1.07 bits per heavy atom. The number of carbonyl (C=O) groups excluding carboxylic acids is 5. The van der Waals surface area contributed by atoms with Crippen LogP contribution in [-0.4, -0.2) is 101 Å². The molecule has 2 aromatic carbocycles. The first-order valence-corrected chi connectivity index (χ1v) is 22.7. The van der Waals surface area contributed by atoms with Gasteiger partial charge in [0, 0.05) is 43.1 Å². The predicted octanol–water partition coefficient (Wildman–Crippen LogP) is 5.04. The number of likely N-dealkylation sites (N-methyl/N-ethyl adjacent to an activating group) is 1. The average Bonchev–Trinajstić information content (AvgIpc) is 4.08. The summed E-state index contributed by atoms with van der Waals surface area (Å²) in [5.74, 6) is -3.65. The molecule has 16 heteroatoms. The zero-order chi connectivity index (χ0) is 44.1. The van der Waals surface area contributed by atoms with Crippen molar-refractivity contribution in [3.05, 3.63) is 60.4 Å². The summed E-state index contributed by atoms with van der Waals surface area (Å²) in [6.07, 6.45) is 7.16. The van der Waals surface area contributed by atoms with Gasteiger partial charge in [-0.25, -0.2) is 17.8 Å². The van der Waals surface area contributed by atoms with E-state index in [1.807, 2.05) is 57.2 Å². The number of nitrogens with one attached hydrogen (secondary N) is 3. The van der Waals surface area contributed by atoms with Crippen LogP contribution >= 0.6 is 0 Å². The fourth-order valence-electron chi connectivity index (χ4n) is 8.57. The molecular weight excluding hydrogens is 804 g/mol. The zero-order valence-electron chi connectivity index (χ0n) is 35.8. The molecule has 4 aliphatic rings. The van der Waals surface area contributed by atoms with Crippen molar-refractivity contribution in [2.45, 2.75) is 133 Å². The number of pyridine rings is 1. The van der Waals surface area contributed by atoms with E-state index in [2.05, 4.69) is 20.3 Å². The number of sulfonamides is 1. The van der Waals surface area contributed by atoms with E-state index in [4.69, 9.17) is 4.74 Å². The van der Waals surface area contributed by atoms with Gasteiger partial charge in [-0.15, -0.1) is 0 Å². The van der Waals surface area contributed by atoms with Gasteiger partial charge in [-0.2, -0.15) is 0 Å². The molecule has 1 saturated heterocycles. The van der Waals surface area contributed by atoms with E-state index in [-0.39, 0.29) is 43.0 Å². The van der Waals surface area contributed by atoms with Crippen molar-refractivity contribution in [2.24, 2.45) is 11.3 Å². The lowest BCUT2D eigenvalue weighted by Crippen LogP contribution is -2.59. The minimum atomic E-state index is -4.04. The Kier molecular flexibility index (Phi) is 12.0. The third kappa shape index (κ3) is 9.24. The molecule has 3 N–H and O–H groups in total. The fourth-order valence-corrected chi connectivity index (χ4v) is 9.88. The van der Waals surface area contributed by atoms with E-state index in [9.17, 15) is 36.8 Å². The summed E-state index contributed by atoms with van der Waals surface area (Å²) in [6, 6.07) is 8.52. The Morgan fingerprint density at radius 2 is 1.79 bits per heavy atom. The Hall–Kier alpha value is -5.12. The lowest BCUT2D eigenvalue weighted by atomic mass is 9.87. The van der Waals surface area contributed by atoms with Gasteiger partial charge in [-0.05, 0) is 80.9 Å². The monoisotopic (exact) mass is 860 g/mol. The van der Waals surface area contributed by atoms with E-state index in [0.29, 0.717) is 54.8 Å². The van der Waals surface area contributed by atoms with Crippen molar-refractivity contribution in [1.29, 1.82) is 0 Å². The number of aromatic nitrogens is 1. The van der Waals surface area contributed by atoms with Gasteiger partial charge in [0.1, 0.15) is 35.6 Å². The van der Waals surface area contributed by atoms with Crippen molar-refractivity contribution >= 4 is 61.2 Å². The van der Waals surface area contributed by atoms with Crippen molar-refractivity contribution in [1.82, 2.24) is 30.1 Å². The molecule has 2 saturated carbocycles. The summed E-state index contributed by atoms with van der Waals surface area (Å²) >= 11 is 0. The van der Waals surface area contributed by atoms with Crippen LogP contribution in [0.25, 0.3) is 21.7 Å². The number of nitrogens with zero attached hydrogens (tertiary/aromatic N) is 3. The zero-order valence-corrected chi connectivity index (χ0v) is 36.6. The van der Waals surface area contributed by atoms with Crippen LogP contribution in [0.15, 0.2) is 54.6 Å². The number of hydrogen-bond donors (Lipinski definition) is 3. The molecule has 5 amide bonds. The molecule has 0 radical (unpaired) electrons. The maximum absolute atomic E-state index is 15.0. The van der Waals surface area contributed by atoms with Crippen LogP contribution in [0.2, 0.25) is 0 Å². The lowest BCUT2D eigenvalue weighted by Gasteiger charge is -2.34. The van der Waals surface area contributed by atoms with Gasteiger partial charge in [0.25, 0.3) is 5.91 Å². The fraction of sp³-hybridized carbons (Fsp3) is 0.556.